The van der Waals surface area contributed by atoms with Crippen LogP contribution in [-0.4, -0.2) is 9.91 Å². The first-order valence-corrected chi connectivity index (χ1v) is 6.30. The number of alkyl halides is 3. The van der Waals surface area contributed by atoms with E-state index < -0.39 is 22.4 Å². The molecule has 0 amide bonds. The van der Waals surface area contributed by atoms with E-state index in [0.29, 0.717) is 17.0 Å². The van der Waals surface area contributed by atoms with Crippen molar-refractivity contribution >= 4 is 16.6 Å². The first-order valence-electron chi connectivity index (χ1n) is 6.30. The molecule has 2 aromatic carbocycles. The van der Waals surface area contributed by atoms with Crippen LogP contribution in [-0.2, 0) is 6.18 Å². The first-order chi connectivity index (χ1) is 10.4. The quantitative estimate of drug-likeness (QED) is 0.548. The van der Waals surface area contributed by atoms with Crippen LogP contribution < -0.4 is 0 Å². The van der Waals surface area contributed by atoms with Crippen molar-refractivity contribution in [2.45, 2.75) is 6.18 Å². The standard InChI is InChI=1S/C15H9F3N2O2/c16-15(17,18)9-5-6-11(14(7-9)20(21)22)12-8-19-13-4-2-1-3-10(12)13/h1-8,19H. The predicted octanol–water partition coefficient (Wildman–Crippen LogP) is 4.76. The molecule has 0 aliphatic heterocycles. The van der Waals surface area contributed by atoms with E-state index in [-0.39, 0.29) is 5.56 Å². The Bertz CT molecular complexity index is 869. The summed E-state index contributed by atoms with van der Waals surface area (Å²) in [6.07, 6.45) is -3.07. The molecule has 0 atom stereocenters. The number of aromatic amines is 1. The molecule has 3 rings (SSSR count). The van der Waals surface area contributed by atoms with Gasteiger partial charge in [0.15, 0.2) is 0 Å². The fourth-order valence-electron chi connectivity index (χ4n) is 2.38. The topological polar surface area (TPSA) is 58.9 Å². The van der Waals surface area contributed by atoms with Gasteiger partial charge in [0.25, 0.3) is 5.69 Å². The zero-order chi connectivity index (χ0) is 15.9. The van der Waals surface area contributed by atoms with Gasteiger partial charge in [-0.25, -0.2) is 0 Å². The fraction of sp³-hybridized carbons (Fsp3) is 0.0667. The average molecular weight is 306 g/mol. The van der Waals surface area contributed by atoms with Gasteiger partial charge < -0.3 is 4.98 Å². The number of nitro benzene ring substituents is 1. The normalized spacial score (nSPS) is 11.8. The molecule has 1 N–H and O–H groups in total. The van der Waals surface area contributed by atoms with Crippen molar-refractivity contribution in [3.63, 3.8) is 0 Å². The van der Waals surface area contributed by atoms with E-state index in [1.165, 1.54) is 0 Å². The maximum Gasteiger partial charge on any atom is 0.416 e. The number of rotatable bonds is 2. The van der Waals surface area contributed by atoms with Gasteiger partial charge >= 0.3 is 6.18 Å². The lowest BCUT2D eigenvalue weighted by atomic mass is 10.0. The first kappa shape index (κ1) is 14.1. The van der Waals surface area contributed by atoms with Crippen molar-refractivity contribution in [3.8, 4) is 11.1 Å². The van der Waals surface area contributed by atoms with Gasteiger partial charge in [-0.3, -0.25) is 10.1 Å². The summed E-state index contributed by atoms with van der Waals surface area (Å²) in [5.41, 5.74) is -0.208. The SMILES string of the molecule is O=[N+]([O-])c1cc(C(F)(F)F)ccc1-c1c[nH]c2ccccc12. The number of halogens is 3. The monoisotopic (exact) mass is 306 g/mol. The molecule has 22 heavy (non-hydrogen) atoms. The number of hydrogen-bond acceptors (Lipinski definition) is 2. The number of para-hydroxylation sites is 1. The van der Waals surface area contributed by atoms with Crippen LogP contribution in [0.3, 0.4) is 0 Å². The molecule has 7 heteroatoms. The summed E-state index contributed by atoms with van der Waals surface area (Å²) < 4.78 is 38.2. The highest BCUT2D eigenvalue weighted by Crippen LogP contribution is 2.39. The second-order valence-corrected chi connectivity index (χ2v) is 4.73. The van der Waals surface area contributed by atoms with Gasteiger partial charge in [0.2, 0.25) is 0 Å². The number of hydrogen-bond donors (Lipinski definition) is 1. The maximum atomic E-state index is 12.7. The molecule has 0 radical (unpaired) electrons. The maximum absolute atomic E-state index is 12.7. The highest BCUT2D eigenvalue weighted by atomic mass is 19.4. The Hall–Kier alpha value is -2.83. The summed E-state index contributed by atoms with van der Waals surface area (Å²) in [5, 5.41) is 11.9. The third kappa shape index (κ3) is 2.30. The van der Waals surface area contributed by atoms with E-state index in [0.717, 1.165) is 17.6 Å². The number of H-pyrrole nitrogens is 1. The third-order valence-electron chi connectivity index (χ3n) is 3.40. The molecule has 0 aliphatic rings. The summed E-state index contributed by atoms with van der Waals surface area (Å²) in [6, 6.07) is 9.65. The molecule has 4 nitrogen and oxygen atoms in total. The Morgan fingerprint density at radius 1 is 1.05 bits per heavy atom. The van der Waals surface area contributed by atoms with Gasteiger partial charge in [-0.1, -0.05) is 18.2 Å². The summed E-state index contributed by atoms with van der Waals surface area (Å²) >= 11 is 0. The second-order valence-electron chi connectivity index (χ2n) is 4.73. The molecule has 0 saturated heterocycles. The largest absolute Gasteiger partial charge is 0.416 e. The van der Waals surface area contributed by atoms with Crippen LogP contribution in [0.2, 0.25) is 0 Å². The predicted molar refractivity (Wildman–Crippen MR) is 75.4 cm³/mol. The third-order valence-corrected chi connectivity index (χ3v) is 3.40. The van der Waals surface area contributed by atoms with Gasteiger partial charge in [-0.05, 0) is 18.2 Å². The molecule has 1 heterocycles. The van der Waals surface area contributed by atoms with Crippen molar-refractivity contribution in [2.75, 3.05) is 0 Å². The van der Waals surface area contributed by atoms with Gasteiger partial charge in [-0.2, -0.15) is 13.2 Å². The summed E-state index contributed by atoms with van der Waals surface area (Å²) in [5.74, 6) is 0. The van der Waals surface area contributed by atoms with Crippen molar-refractivity contribution in [1.82, 2.24) is 4.98 Å². The van der Waals surface area contributed by atoms with Gasteiger partial charge in [0.05, 0.1) is 16.1 Å². The van der Waals surface area contributed by atoms with Gasteiger partial charge in [0.1, 0.15) is 0 Å². The smallest absolute Gasteiger partial charge is 0.361 e. The lowest BCUT2D eigenvalue weighted by molar-refractivity contribution is -0.384. The fourth-order valence-corrected chi connectivity index (χ4v) is 2.38. The number of nitrogens with zero attached hydrogens (tertiary/aromatic N) is 1. The van der Waals surface area contributed by atoms with Crippen LogP contribution >= 0.6 is 0 Å². The minimum atomic E-state index is -4.62. The molecular formula is C15H9F3N2O2. The molecule has 112 valence electrons. The average Bonchev–Trinajstić information content (AvgIpc) is 2.89. The number of aromatic nitrogens is 1. The van der Waals surface area contributed by atoms with Crippen LogP contribution in [0.15, 0.2) is 48.7 Å². The highest BCUT2D eigenvalue weighted by Gasteiger charge is 2.33. The van der Waals surface area contributed by atoms with Crippen LogP contribution in [0.5, 0.6) is 0 Å². The Labute approximate surface area is 122 Å². The Morgan fingerprint density at radius 3 is 2.45 bits per heavy atom. The summed E-state index contributed by atoms with van der Waals surface area (Å²) in [7, 11) is 0. The van der Waals surface area contributed by atoms with E-state index in [1.807, 2.05) is 0 Å². The van der Waals surface area contributed by atoms with Crippen LogP contribution in [0.4, 0.5) is 18.9 Å². The van der Waals surface area contributed by atoms with Crippen molar-refractivity contribution in [1.29, 1.82) is 0 Å². The molecule has 0 unspecified atom stereocenters. The van der Waals surface area contributed by atoms with E-state index in [1.54, 1.807) is 30.5 Å². The Morgan fingerprint density at radius 2 is 1.77 bits per heavy atom. The van der Waals surface area contributed by atoms with Crippen LogP contribution in [0.1, 0.15) is 5.56 Å². The number of nitro groups is 1. The van der Waals surface area contributed by atoms with Gasteiger partial charge in [0, 0.05) is 28.7 Å². The van der Waals surface area contributed by atoms with Crippen molar-refractivity contribution < 1.29 is 18.1 Å². The molecule has 0 bridgehead atoms. The molecule has 1 aromatic heterocycles. The second kappa shape index (κ2) is 4.87. The molecule has 0 fully saturated rings. The highest BCUT2D eigenvalue weighted by molar-refractivity contribution is 5.97. The van der Waals surface area contributed by atoms with Crippen LogP contribution in [0.25, 0.3) is 22.0 Å². The zero-order valence-corrected chi connectivity index (χ0v) is 11.0. The molecule has 0 saturated carbocycles. The minimum Gasteiger partial charge on any atom is -0.361 e. The molecular weight excluding hydrogens is 297 g/mol. The Kier molecular flexibility index (Phi) is 3.13. The molecule has 0 spiro atoms. The number of nitrogens with one attached hydrogen (secondary N) is 1. The van der Waals surface area contributed by atoms with E-state index in [2.05, 4.69) is 4.98 Å². The number of benzene rings is 2. The van der Waals surface area contributed by atoms with E-state index >= 15 is 0 Å². The van der Waals surface area contributed by atoms with Crippen molar-refractivity contribution in [3.05, 3.63) is 64.3 Å². The van der Waals surface area contributed by atoms with E-state index in [4.69, 9.17) is 0 Å². The molecule has 3 aromatic rings. The number of fused-ring (bicyclic) bond motifs is 1. The van der Waals surface area contributed by atoms with Crippen LogP contribution in [0, 0.1) is 10.1 Å². The van der Waals surface area contributed by atoms with Crippen molar-refractivity contribution in [2.24, 2.45) is 0 Å². The summed E-state index contributed by atoms with van der Waals surface area (Å²) in [6.45, 7) is 0. The zero-order valence-electron chi connectivity index (χ0n) is 11.0. The Balaban J connectivity index is 2.25. The summed E-state index contributed by atoms with van der Waals surface area (Å²) in [4.78, 5) is 13.3. The lowest BCUT2D eigenvalue weighted by Crippen LogP contribution is -2.06. The van der Waals surface area contributed by atoms with E-state index in [9.17, 15) is 23.3 Å². The molecule has 0 aliphatic carbocycles. The van der Waals surface area contributed by atoms with Gasteiger partial charge in [-0.15, -0.1) is 0 Å². The lowest BCUT2D eigenvalue weighted by Gasteiger charge is -2.08. The minimum absolute atomic E-state index is 0.149.